The minimum Gasteiger partial charge on any atom is -0.309 e. The van der Waals surface area contributed by atoms with Gasteiger partial charge in [-0.15, -0.1) is 22.7 Å². The van der Waals surface area contributed by atoms with Crippen LogP contribution in [-0.2, 0) is 0 Å². The number of fused-ring (bicyclic) bond motifs is 22. The number of benzene rings is 14. The average molecular weight is 1290 g/mol. The fourth-order valence-electron chi connectivity index (χ4n) is 15.7. The van der Waals surface area contributed by atoms with Crippen LogP contribution in [-0.4, -0.2) is 38.2 Å². The van der Waals surface area contributed by atoms with Gasteiger partial charge >= 0.3 is 0 Å². The SMILES string of the molecule is c1ccc(-c2nc(-n3c4cc5c(cc4c4c6c(ccc43)sc3ccccc36)c3ccccc3n5-c3ccccc3)nc3ccccc23)cc1.c1ccc(-c2nc(-n3c4ccccc4c4cc5c6c7c(ccc6n(-c6ccccc6)c5cc43)sc3ccccc37)nc3ccccc23)cc1. The van der Waals surface area contributed by atoms with Crippen LogP contribution in [0.5, 0.6) is 0 Å². The number of nitrogens with zero attached hydrogens (tertiary/aromatic N) is 8. The van der Waals surface area contributed by atoms with Gasteiger partial charge in [0, 0.05) is 117 Å². The van der Waals surface area contributed by atoms with Crippen LogP contribution in [0.4, 0.5) is 0 Å². The van der Waals surface area contributed by atoms with Gasteiger partial charge in [-0.2, -0.15) is 0 Å². The summed E-state index contributed by atoms with van der Waals surface area (Å²) in [5.74, 6) is 1.33. The minimum atomic E-state index is 0.664. The van der Waals surface area contributed by atoms with Crippen LogP contribution >= 0.6 is 22.7 Å². The molecule has 22 rings (SSSR count). The van der Waals surface area contributed by atoms with Crippen molar-refractivity contribution in [3.63, 3.8) is 0 Å². The topological polar surface area (TPSA) is 71.3 Å². The second-order valence-corrected chi connectivity index (χ2v) is 27.4. The van der Waals surface area contributed by atoms with E-state index in [1.807, 2.05) is 34.8 Å². The molecule has 0 saturated carbocycles. The van der Waals surface area contributed by atoms with Crippen molar-refractivity contribution in [2.45, 2.75) is 0 Å². The molecule has 14 aromatic carbocycles. The lowest BCUT2D eigenvalue weighted by atomic mass is 10.0. The Morgan fingerprint density at radius 1 is 0.204 bits per heavy atom. The molecule has 456 valence electrons. The van der Waals surface area contributed by atoms with Gasteiger partial charge in [0.2, 0.25) is 11.9 Å². The number of rotatable bonds is 6. The van der Waals surface area contributed by atoms with Crippen LogP contribution in [0.3, 0.4) is 0 Å². The molecule has 0 radical (unpaired) electrons. The summed E-state index contributed by atoms with van der Waals surface area (Å²) in [6.45, 7) is 0. The molecule has 0 spiro atoms. The highest BCUT2D eigenvalue weighted by molar-refractivity contribution is 7.26. The van der Waals surface area contributed by atoms with Crippen molar-refractivity contribution < 1.29 is 0 Å². The zero-order chi connectivity index (χ0) is 64.1. The summed E-state index contributed by atoms with van der Waals surface area (Å²) in [4.78, 5) is 21.2. The van der Waals surface area contributed by atoms with E-state index in [-0.39, 0.29) is 0 Å². The van der Waals surface area contributed by atoms with Crippen LogP contribution < -0.4 is 0 Å². The van der Waals surface area contributed by atoms with Crippen LogP contribution in [0.2, 0.25) is 0 Å². The third-order valence-electron chi connectivity index (χ3n) is 19.8. The standard InChI is InChI=1S/2C44H26N4S/c1-3-13-27(14-4-1)43-30-18-7-10-20-34(30)45-44(46-43)48-35-21-11-8-17-29(35)32-25-33-38(26-37(32)48)47(28-15-5-2-6-16-28)36-23-24-40-42(41(33)36)31-19-9-12-22-39(31)49-40;1-3-13-27(14-4-1)43-30-18-7-10-20-34(30)45-44(46-43)48-36-23-24-40-42(31-19-9-12-22-39(31)49-40)41(36)33-25-32-29-17-8-11-21-35(29)47(37(32)26-38(33)48)28-15-5-2-6-16-28/h2*1-26H. The summed E-state index contributed by atoms with van der Waals surface area (Å²) >= 11 is 3.72. The number of hydrogen-bond donors (Lipinski definition) is 0. The van der Waals surface area contributed by atoms with Crippen LogP contribution in [0.1, 0.15) is 0 Å². The molecule has 22 aromatic rings. The molecule has 0 fully saturated rings. The lowest BCUT2D eigenvalue weighted by molar-refractivity contribution is 1.01. The fraction of sp³-hybridized carbons (Fsp3) is 0. The zero-order valence-corrected chi connectivity index (χ0v) is 54.0. The van der Waals surface area contributed by atoms with Crippen molar-refractivity contribution in [2.75, 3.05) is 0 Å². The van der Waals surface area contributed by atoms with Crippen molar-refractivity contribution in [3.05, 3.63) is 315 Å². The van der Waals surface area contributed by atoms with E-state index >= 15 is 0 Å². The Morgan fingerprint density at radius 3 is 1.04 bits per heavy atom. The van der Waals surface area contributed by atoms with E-state index in [1.165, 1.54) is 94.5 Å². The van der Waals surface area contributed by atoms with Gasteiger partial charge in [-0.05, 0) is 109 Å². The monoisotopic (exact) mass is 1280 g/mol. The molecule has 0 saturated heterocycles. The van der Waals surface area contributed by atoms with Gasteiger partial charge in [0.15, 0.2) is 0 Å². The highest BCUT2D eigenvalue weighted by Crippen LogP contribution is 2.49. The maximum absolute atomic E-state index is 5.39. The molecule has 10 heteroatoms. The first kappa shape index (κ1) is 54.8. The summed E-state index contributed by atoms with van der Waals surface area (Å²) in [7, 11) is 0. The van der Waals surface area contributed by atoms with E-state index in [0.29, 0.717) is 11.9 Å². The van der Waals surface area contributed by atoms with Crippen molar-refractivity contribution >= 4 is 172 Å². The van der Waals surface area contributed by atoms with Crippen molar-refractivity contribution in [1.29, 1.82) is 0 Å². The molecule has 0 aliphatic heterocycles. The predicted octanol–water partition coefficient (Wildman–Crippen LogP) is 23.7. The Hall–Kier alpha value is -12.6. The van der Waals surface area contributed by atoms with Crippen LogP contribution in [0, 0.1) is 0 Å². The van der Waals surface area contributed by atoms with E-state index in [2.05, 4.69) is 322 Å². The average Bonchev–Trinajstić information content (AvgIpc) is 1.55. The lowest BCUT2D eigenvalue weighted by Gasteiger charge is -2.12. The summed E-state index contributed by atoms with van der Waals surface area (Å²) in [6.07, 6.45) is 0. The molecule has 0 atom stereocenters. The highest BCUT2D eigenvalue weighted by atomic mass is 32.1. The van der Waals surface area contributed by atoms with Crippen molar-refractivity contribution in [2.24, 2.45) is 0 Å². The molecule has 0 unspecified atom stereocenters. The summed E-state index contributed by atoms with van der Waals surface area (Å²) in [5, 5.41) is 17.1. The molecule has 8 nitrogen and oxygen atoms in total. The van der Waals surface area contributed by atoms with Gasteiger partial charge in [-0.1, -0.05) is 206 Å². The molecule has 0 bridgehead atoms. The molecular formula is C88H52N8S2. The summed E-state index contributed by atoms with van der Waals surface area (Å²) in [5.41, 5.74) is 17.2. The van der Waals surface area contributed by atoms with Crippen molar-refractivity contribution in [3.8, 4) is 45.8 Å². The Balaban J connectivity index is 0.000000129. The first-order valence-electron chi connectivity index (χ1n) is 33.0. The Bertz CT molecular complexity index is 7040. The maximum Gasteiger partial charge on any atom is 0.235 e. The number of para-hydroxylation sites is 6. The first-order valence-corrected chi connectivity index (χ1v) is 34.7. The predicted molar refractivity (Wildman–Crippen MR) is 413 cm³/mol. The Kier molecular flexibility index (Phi) is 12.0. The number of thiophene rings is 2. The Labute approximate surface area is 567 Å². The van der Waals surface area contributed by atoms with E-state index in [9.17, 15) is 0 Å². The van der Waals surface area contributed by atoms with E-state index in [1.54, 1.807) is 0 Å². The van der Waals surface area contributed by atoms with E-state index < -0.39 is 0 Å². The minimum absolute atomic E-state index is 0.664. The number of aromatic nitrogens is 8. The Morgan fingerprint density at radius 2 is 0.551 bits per heavy atom. The molecule has 8 heterocycles. The van der Waals surface area contributed by atoms with Crippen LogP contribution in [0.15, 0.2) is 315 Å². The van der Waals surface area contributed by atoms with Gasteiger partial charge in [-0.3, -0.25) is 9.13 Å². The molecule has 0 aliphatic rings. The molecular weight excluding hydrogens is 1230 g/mol. The second kappa shape index (κ2) is 21.5. The smallest absolute Gasteiger partial charge is 0.235 e. The van der Waals surface area contributed by atoms with Gasteiger partial charge in [-0.25, -0.2) is 19.9 Å². The van der Waals surface area contributed by atoms with Crippen LogP contribution in [0.25, 0.3) is 195 Å². The quantitative estimate of drug-likeness (QED) is 0.166. The van der Waals surface area contributed by atoms with Gasteiger partial charge in [0.1, 0.15) is 0 Å². The fourth-order valence-corrected chi connectivity index (χ4v) is 17.9. The van der Waals surface area contributed by atoms with Gasteiger partial charge in [0.05, 0.1) is 66.6 Å². The first-order chi connectivity index (χ1) is 48.6. The highest BCUT2D eigenvalue weighted by Gasteiger charge is 2.26. The molecule has 0 aliphatic carbocycles. The lowest BCUT2D eigenvalue weighted by Crippen LogP contribution is -2.03. The normalized spacial score (nSPS) is 12.1. The summed E-state index contributed by atoms with van der Waals surface area (Å²) < 4.78 is 14.6. The van der Waals surface area contributed by atoms with Crippen molar-refractivity contribution in [1.82, 2.24) is 38.2 Å². The maximum atomic E-state index is 5.39. The third kappa shape index (κ3) is 8.16. The second-order valence-electron chi connectivity index (χ2n) is 25.2. The zero-order valence-electron chi connectivity index (χ0n) is 52.4. The molecule has 0 N–H and O–H groups in total. The molecule has 0 amide bonds. The van der Waals surface area contributed by atoms with Gasteiger partial charge in [0.25, 0.3) is 0 Å². The summed E-state index contributed by atoms with van der Waals surface area (Å²) in [6, 6.07) is 113. The third-order valence-corrected chi connectivity index (χ3v) is 22.1. The van der Waals surface area contributed by atoms with E-state index in [0.717, 1.165) is 88.8 Å². The molecule has 8 aromatic heterocycles. The van der Waals surface area contributed by atoms with E-state index in [4.69, 9.17) is 19.9 Å². The molecule has 98 heavy (non-hydrogen) atoms. The largest absolute Gasteiger partial charge is 0.309 e. The van der Waals surface area contributed by atoms with Gasteiger partial charge < -0.3 is 9.13 Å². The number of hydrogen-bond acceptors (Lipinski definition) is 6.